The van der Waals surface area contributed by atoms with Crippen LogP contribution in [0.2, 0.25) is 0 Å². The average Bonchev–Trinajstić information content (AvgIpc) is 2.80. The van der Waals surface area contributed by atoms with Crippen LogP contribution in [0.3, 0.4) is 0 Å². The number of hydrogen-bond donors (Lipinski definition) is 1. The minimum atomic E-state index is -0.944. The molecule has 1 N–H and O–H groups in total. The van der Waals surface area contributed by atoms with Crippen LogP contribution >= 0.6 is 11.3 Å². The maximum Gasteiger partial charge on any atom is 0.113 e. The lowest BCUT2D eigenvalue weighted by Crippen LogP contribution is -2.33. The van der Waals surface area contributed by atoms with Gasteiger partial charge >= 0.3 is 0 Å². The Bertz CT molecular complexity index is 330. The van der Waals surface area contributed by atoms with Gasteiger partial charge in [0, 0.05) is 21.9 Å². The third-order valence-corrected chi connectivity index (χ3v) is 4.51. The van der Waals surface area contributed by atoms with Gasteiger partial charge in [0.2, 0.25) is 0 Å². The standard InChI is InChI=1S/C10H14O2S2/c1-14(12)7-10(11,8-4-5-8)9-3-2-6-13-9/h2-3,6,8,11H,4-5,7H2,1H3. The summed E-state index contributed by atoms with van der Waals surface area (Å²) in [5, 5.41) is 12.5. The summed E-state index contributed by atoms with van der Waals surface area (Å²) in [6.45, 7) is 0. The van der Waals surface area contributed by atoms with Crippen LogP contribution in [0.4, 0.5) is 0 Å². The van der Waals surface area contributed by atoms with Gasteiger partial charge in [-0.1, -0.05) is 6.07 Å². The van der Waals surface area contributed by atoms with E-state index in [-0.39, 0.29) is 0 Å². The molecule has 0 saturated heterocycles. The van der Waals surface area contributed by atoms with E-state index in [0.29, 0.717) is 11.7 Å². The molecule has 78 valence electrons. The summed E-state index contributed by atoms with van der Waals surface area (Å²) >= 11 is 1.56. The lowest BCUT2D eigenvalue weighted by atomic mass is 9.98. The molecule has 2 atom stereocenters. The van der Waals surface area contributed by atoms with Crippen LogP contribution in [0, 0.1) is 5.92 Å². The van der Waals surface area contributed by atoms with Crippen molar-refractivity contribution in [3.8, 4) is 0 Å². The Morgan fingerprint density at radius 1 is 1.71 bits per heavy atom. The Hall–Kier alpha value is -0.190. The molecule has 1 aromatic rings. The summed E-state index contributed by atoms with van der Waals surface area (Å²) in [5.41, 5.74) is -0.826. The number of aliphatic hydroxyl groups is 1. The predicted octanol–water partition coefficient (Wildman–Crippen LogP) is 1.72. The summed E-state index contributed by atoms with van der Waals surface area (Å²) < 4.78 is 11.2. The maximum absolute atomic E-state index is 11.2. The minimum absolute atomic E-state index is 0.324. The molecule has 0 amide bonds. The molecule has 0 aliphatic heterocycles. The number of hydrogen-bond acceptors (Lipinski definition) is 3. The van der Waals surface area contributed by atoms with Gasteiger partial charge in [0.1, 0.15) is 5.60 Å². The van der Waals surface area contributed by atoms with Crippen molar-refractivity contribution in [3.05, 3.63) is 22.4 Å². The van der Waals surface area contributed by atoms with Crippen molar-refractivity contribution in [3.63, 3.8) is 0 Å². The quantitative estimate of drug-likeness (QED) is 0.855. The van der Waals surface area contributed by atoms with Crippen LogP contribution in [0.15, 0.2) is 17.5 Å². The molecule has 1 heterocycles. The molecule has 1 aromatic heterocycles. The summed E-state index contributed by atoms with van der Waals surface area (Å²) in [7, 11) is -0.944. The first-order chi connectivity index (χ1) is 6.63. The van der Waals surface area contributed by atoms with Gasteiger partial charge in [0.15, 0.2) is 0 Å². The molecule has 0 bridgehead atoms. The van der Waals surface area contributed by atoms with E-state index < -0.39 is 16.4 Å². The highest BCUT2D eigenvalue weighted by Crippen LogP contribution is 2.47. The fourth-order valence-corrected chi connectivity index (χ4v) is 3.79. The van der Waals surface area contributed by atoms with Gasteiger partial charge in [-0.25, -0.2) is 0 Å². The van der Waals surface area contributed by atoms with Gasteiger partial charge in [-0.2, -0.15) is 0 Å². The van der Waals surface area contributed by atoms with Crippen LogP contribution in [0.1, 0.15) is 17.7 Å². The first kappa shape index (κ1) is 10.3. The molecule has 0 radical (unpaired) electrons. The largest absolute Gasteiger partial charge is 0.383 e. The lowest BCUT2D eigenvalue weighted by molar-refractivity contribution is 0.0413. The molecule has 0 aromatic carbocycles. The summed E-state index contributed by atoms with van der Waals surface area (Å²) in [5.74, 6) is 0.697. The SMILES string of the molecule is CS(=O)CC(O)(c1cccs1)C1CC1. The van der Waals surface area contributed by atoms with Crippen LogP contribution in [-0.2, 0) is 16.4 Å². The van der Waals surface area contributed by atoms with Crippen LogP contribution in [-0.4, -0.2) is 21.3 Å². The van der Waals surface area contributed by atoms with Gasteiger partial charge in [0.05, 0.1) is 5.75 Å². The van der Waals surface area contributed by atoms with E-state index in [9.17, 15) is 9.32 Å². The molecule has 4 heteroatoms. The summed E-state index contributed by atoms with van der Waals surface area (Å²) in [4.78, 5) is 0.968. The zero-order valence-corrected chi connectivity index (χ0v) is 9.74. The molecule has 1 aliphatic rings. The molecule has 2 nitrogen and oxygen atoms in total. The second kappa shape index (κ2) is 3.76. The molecule has 14 heavy (non-hydrogen) atoms. The highest BCUT2D eigenvalue weighted by atomic mass is 32.2. The molecule has 2 unspecified atom stereocenters. The Labute approximate surface area is 90.4 Å². The molecule has 1 saturated carbocycles. The van der Waals surface area contributed by atoms with Crippen molar-refractivity contribution >= 4 is 22.1 Å². The van der Waals surface area contributed by atoms with Crippen molar-refractivity contribution in [2.24, 2.45) is 5.92 Å². The molecule has 1 aliphatic carbocycles. The van der Waals surface area contributed by atoms with Gasteiger partial charge in [-0.15, -0.1) is 11.3 Å². The molecule has 0 spiro atoms. The van der Waals surface area contributed by atoms with E-state index in [1.807, 2.05) is 17.5 Å². The van der Waals surface area contributed by atoms with E-state index in [2.05, 4.69) is 0 Å². The Morgan fingerprint density at radius 2 is 2.43 bits per heavy atom. The van der Waals surface area contributed by atoms with E-state index >= 15 is 0 Å². The smallest absolute Gasteiger partial charge is 0.113 e. The molecular formula is C10H14O2S2. The molecule has 2 rings (SSSR count). The normalized spacial score (nSPS) is 23.0. The third kappa shape index (κ3) is 1.92. The third-order valence-electron chi connectivity index (χ3n) is 2.62. The summed E-state index contributed by atoms with van der Waals surface area (Å²) in [6.07, 6.45) is 3.78. The first-order valence-corrected chi connectivity index (χ1v) is 7.30. The van der Waals surface area contributed by atoms with Gasteiger partial charge in [0.25, 0.3) is 0 Å². The van der Waals surface area contributed by atoms with Crippen LogP contribution in [0.25, 0.3) is 0 Å². The van der Waals surface area contributed by atoms with E-state index in [0.717, 1.165) is 17.7 Å². The number of thiophene rings is 1. The zero-order valence-electron chi connectivity index (χ0n) is 8.10. The Balaban J connectivity index is 2.26. The Kier molecular flexibility index (Phi) is 2.77. The zero-order chi connectivity index (χ0) is 10.2. The second-order valence-corrected chi connectivity index (χ2v) is 6.28. The van der Waals surface area contributed by atoms with E-state index in [4.69, 9.17) is 0 Å². The highest BCUT2D eigenvalue weighted by molar-refractivity contribution is 7.84. The van der Waals surface area contributed by atoms with Gasteiger partial charge < -0.3 is 5.11 Å². The van der Waals surface area contributed by atoms with Crippen LogP contribution in [0.5, 0.6) is 0 Å². The Morgan fingerprint density at radius 3 is 2.86 bits per heavy atom. The second-order valence-electron chi connectivity index (χ2n) is 3.89. The average molecular weight is 230 g/mol. The molecular weight excluding hydrogens is 216 g/mol. The first-order valence-electron chi connectivity index (χ1n) is 4.69. The maximum atomic E-state index is 11.2. The van der Waals surface area contributed by atoms with E-state index in [1.54, 1.807) is 17.6 Å². The number of rotatable bonds is 4. The monoisotopic (exact) mass is 230 g/mol. The topological polar surface area (TPSA) is 37.3 Å². The van der Waals surface area contributed by atoms with Crippen molar-refractivity contribution in [1.29, 1.82) is 0 Å². The highest BCUT2D eigenvalue weighted by Gasteiger charge is 2.46. The predicted molar refractivity (Wildman–Crippen MR) is 59.9 cm³/mol. The minimum Gasteiger partial charge on any atom is -0.383 e. The van der Waals surface area contributed by atoms with E-state index in [1.165, 1.54) is 0 Å². The lowest BCUT2D eigenvalue weighted by Gasteiger charge is -2.25. The fourth-order valence-electron chi connectivity index (χ4n) is 1.79. The van der Waals surface area contributed by atoms with Crippen molar-refractivity contribution in [2.45, 2.75) is 18.4 Å². The van der Waals surface area contributed by atoms with Crippen molar-refractivity contribution in [2.75, 3.05) is 12.0 Å². The molecule has 1 fully saturated rings. The van der Waals surface area contributed by atoms with Crippen molar-refractivity contribution in [1.82, 2.24) is 0 Å². The van der Waals surface area contributed by atoms with Gasteiger partial charge in [-0.05, 0) is 30.2 Å². The van der Waals surface area contributed by atoms with Gasteiger partial charge in [-0.3, -0.25) is 4.21 Å². The van der Waals surface area contributed by atoms with Crippen LogP contribution < -0.4 is 0 Å². The fraction of sp³-hybridized carbons (Fsp3) is 0.600. The summed E-state index contributed by atoms with van der Waals surface area (Å²) in [6, 6.07) is 3.88. The van der Waals surface area contributed by atoms with Crippen molar-refractivity contribution < 1.29 is 9.32 Å².